The molecule has 3 atom stereocenters. The number of nitrogens with one attached hydrogen (secondary N) is 1. The Morgan fingerprint density at radius 2 is 2.37 bits per heavy atom. The van der Waals surface area contributed by atoms with Gasteiger partial charge < -0.3 is 10.2 Å². The Kier molecular flexibility index (Phi) is 2.58. The molecular weight excluding hydrogens is 238 g/mol. The van der Waals surface area contributed by atoms with Crippen molar-refractivity contribution < 1.29 is 4.79 Å². The van der Waals surface area contributed by atoms with Gasteiger partial charge in [-0.2, -0.15) is 0 Å². The Bertz CT molecular complexity index is 516. The minimum atomic E-state index is 0.219. The molecule has 0 spiro atoms. The van der Waals surface area contributed by atoms with Crippen LogP contribution >= 0.6 is 0 Å². The van der Waals surface area contributed by atoms with Gasteiger partial charge in [0.05, 0.1) is 5.92 Å². The molecule has 0 aromatic carbocycles. The quantitative estimate of drug-likeness (QED) is 0.819. The second-order valence-corrected chi connectivity index (χ2v) is 6.01. The first-order chi connectivity index (χ1) is 9.31. The molecule has 0 saturated carbocycles. The predicted molar refractivity (Wildman–Crippen MR) is 71.4 cm³/mol. The number of amides is 1. The molecule has 19 heavy (non-hydrogen) atoms. The summed E-state index contributed by atoms with van der Waals surface area (Å²) in [6.07, 6.45) is 6.21. The molecule has 4 rings (SSSR count). The lowest BCUT2D eigenvalue weighted by molar-refractivity contribution is -0.137. The molecule has 3 aliphatic rings. The number of hydrogen-bond donors (Lipinski definition) is 1. The Labute approximate surface area is 113 Å². The lowest BCUT2D eigenvalue weighted by atomic mass is 9.87. The number of nitrogens with zero attached hydrogens (tertiary/aromatic N) is 2. The Morgan fingerprint density at radius 1 is 1.42 bits per heavy atom. The minimum Gasteiger partial charge on any atom is -0.338 e. The van der Waals surface area contributed by atoms with E-state index in [0.29, 0.717) is 18.0 Å². The lowest BCUT2D eigenvalue weighted by Gasteiger charge is -2.32. The number of aromatic nitrogens is 1. The number of pyridine rings is 1. The van der Waals surface area contributed by atoms with E-state index in [1.54, 1.807) is 0 Å². The topological polar surface area (TPSA) is 45.2 Å². The van der Waals surface area contributed by atoms with Crippen molar-refractivity contribution >= 4 is 5.91 Å². The van der Waals surface area contributed by atoms with Crippen molar-refractivity contribution in [3.63, 3.8) is 0 Å². The van der Waals surface area contributed by atoms with Crippen LogP contribution in [0.5, 0.6) is 0 Å². The summed E-state index contributed by atoms with van der Waals surface area (Å²) in [5.41, 5.74) is 2.39. The zero-order valence-electron chi connectivity index (χ0n) is 11.0. The molecule has 2 saturated heterocycles. The number of hydrogen-bond acceptors (Lipinski definition) is 3. The van der Waals surface area contributed by atoms with Crippen molar-refractivity contribution in [3.8, 4) is 0 Å². The third kappa shape index (κ3) is 1.86. The maximum atomic E-state index is 12.7. The monoisotopic (exact) mass is 257 g/mol. The van der Waals surface area contributed by atoms with Gasteiger partial charge in [-0.3, -0.25) is 9.78 Å². The number of fused-ring (bicyclic) bond motifs is 3. The van der Waals surface area contributed by atoms with Crippen molar-refractivity contribution in [1.29, 1.82) is 0 Å². The van der Waals surface area contributed by atoms with Gasteiger partial charge in [-0.1, -0.05) is 6.07 Å². The highest BCUT2D eigenvalue weighted by atomic mass is 16.2. The third-order valence-electron chi connectivity index (χ3n) is 4.89. The van der Waals surface area contributed by atoms with Crippen LogP contribution in [0.1, 0.15) is 30.5 Å². The molecule has 2 bridgehead atoms. The number of carbonyl (C=O) groups is 1. The SMILES string of the molecule is O=C(C1CC2CCC1N2)N1CCc2ncccc2C1. The molecule has 100 valence electrons. The lowest BCUT2D eigenvalue weighted by Crippen LogP contribution is -2.43. The summed E-state index contributed by atoms with van der Waals surface area (Å²) in [6, 6.07) is 5.10. The van der Waals surface area contributed by atoms with Crippen LogP contribution < -0.4 is 5.32 Å². The first-order valence-corrected chi connectivity index (χ1v) is 7.29. The van der Waals surface area contributed by atoms with Gasteiger partial charge >= 0.3 is 0 Å². The van der Waals surface area contributed by atoms with Gasteiger partial charge in [0, 0.05) is 43.5 Å². The van der Waals surface area contributed by atoms with Crippen LogP contribution in [0, 0.1) is 5.92 Å². The summed E-state index contributed by atoms with van der Waals surface area (Å²) in [5, 5.41) is 3.56. The standard InChI is InChI=1S/C15H19N3O/c19-15(12-8-11-3-4-14(12)17-11)18-7-5-13-10(9-18)2-1-6-16-13/h1-2,6,11-12,14,17H,3-5,7-9H2. The summed E-state index contributed by atoms with van der Waals surface area (Å²) >= 11 is 0. The van der Waals surface area contributed by atoms with Crippen molar-refractivity contribution in [2.75, 3.05) is 6.54 Å². The van der Waals surface area contributed by atoms with Gasteiger partial charge in [0.2, 0.25) is 5.91 Å². The van der Waals surface area contributed by atoms with Gasteiger partial charge in [0.15, 0.2) is 0 Å². The number of carbonyl (C=O) groups excluding carboxylic acids is 1. The fourth-order valence-corrected chi connectivity index (χ4v) is 3.89. The first kappa shape index (κ1) is 11.4. The summed E-state index contributed by atoms with van der Waals surface area (Å²) in [5.74, 6) is 0.575. The Balaban J connectivity index is 1.50. The molecule has 1 aromatic rings. The molecule has 0 radical (unpaired) electrons. The Morgan fingerprint density at radius 3 is 3.16 bits per heavy atom. The second kappa shape index (κ2) is 4.30. The molecular formula is C15H19N3O. The zero-order chi connectivity index (χ0) is 12.8. The number of rotatable bonds is 1. The van der Waals surface area contributed by atoms with Crippen molar-refractivity contribution in [2.24, 2.45) is 5.92 Å². The molecule has 2 fully saturated rings. The van der Waals surface area contributed by atoms with Gasteiger partial charge in [-0.15, -0.1) is 0 Å². The van der Waals surface area contributed by atoms with Crippen LogP contribution in [0.4, 0.5) is 0 Å². The highest BCUT2D eigenvalue weighted by Gasteiger charge is 2.44. The molecule has 4 nitrogen and oxygen atoms in total. The molecule has 0 aliphatic carbocycles. The fourth-order valence-electron chi connectivity index (χ4n) is 3.89. The summed E-state index contributed by atoms with van der Waals surface area (Å²) in [6.45, 7) is 1.58. The van der Waals surface area contributed by atoms with Crippen LogP contribution in [0.3, 0.4) is 0 Å². The van der Waals surface area contributed by atoms with E-state index in [-0.39, 0.29) is 5.92 Å². The van der Waals surface area contributed by atoms with Crippen LogP contribution in [0.2, 0.25) is 0 Å². The average molecular weight is 257 g/mol. The predicted octanol–water partition coefficient (Wildman–Crippen LogP) is 1.11. The van der Waals surface area contributed by atoms with E-state index in [1.807, 2.05) is 17.2 Å². The molecule has 4 heteroatoms. The zero-order valence-corrected chi connectivity index (χ0v) is 11.0. The van der Waals surface area contributed by atoms with Crippen LogP contribution in [-0.2, 0) is 17.8 Å². The third-order valence-corrected chi connectivity index (χ3v) is 4.89. The summed E-state index contributed by atoms with van der Waals surface area (Å²) < 4.78 is 0. The molecule has 4 heterocycles. The van der Waals surface area contributed by atoms with Gasteiger partial charge in [0.25, 0.3) is 0 Å². The molecule has 3 unspecified atom stereocenters. The maximum absolute atomic E-state index is 12.7. The van der Waals surface area contributed by atoms with Crippen LogP contribution in [0.15, 0.2) is 18.3 Å². The summed E-state index contributed by atoms with van der Waals surface area (Å²) in [4.78, 5) is 19.1. The maximum Gasteiger partial charge on any atom is 0.227 e. The summed E-state index contributed by atoms with van der Waals surface area (Å²) in [7, 11) is 0. The highest BCUT2D eigenvalue weighted by molar-refractivity contribution is 5.80. The van der Waals surface area contributed by atoms with Crippen molar-refractivity contribution in [1.82, 2.24) is 15.2 Å². The van der Waals surface area contributed by atoms with E-state index < -0.39 is 0 Å². The van der Waals surface area contributed by atoms with Crippen LogP contribution in [0.25, 0.3) is 0 Å². The van der Waals surface area contributed by atoms with Gasteiger partial charge in [0.1, 0.15) is 0 Å². The van der Waals surface area contributed by atoms with Crippen molar-refractivity contribution in [3.05, 3.63) is 29.6 Å². The van der Waals surface area contributed by atoms with E-state index in [1.165, 1.54) is 18.4 Å². The van der Waals surface area contributed by atoms with Gasteiger partial charge in [-0.05, 0) is 30.9 Å². The molecule has 1 N–H and O–H groups in total. The minimum absolute atomic E-state index is 0.219. The smallest absolute Gasteiger partial charge is 0.227 e. The molecule has 1 amide bonds. The van der Waals surface area contributed by atoms with E-state index in [2.05, 4.69) is 16.4 Å². The first-order valence-electron chi connectivity index (χ1n) is 7.29. The van der Waals surface area contributed by atoms with Gasteiger partial charge in [-0.25, -0.2) is 0 Å². The Hall–Kier alpha value is -1.42. The molecule has 3 aliphatic heterocycles. The average Bonchev–Trinajstić information content (AvgIpc) is 3.08. The van der Waals surface area contributed by atoms with E-state index >= 15 is 0 Å². The largest absolute Gasteiger partial charge is 0.338 e. The van der Waals surface area contributed by atoms with Crippen molar-refractivity contribution in [2.45, 2.75) is 44.3 Å². The highest BCUT2D eigenvalue weighted by Crippen LogP contribution is 2.35. The second-order valence-electron chi connectivity index (χ2n) is 6.01. The van der Waals surface area contributed by atoms with Crippen LogP contribution in [-0.4, -0.2) is 34.4 Å². The normalized spacial score (nSPS) is 32.4. The van der Waals surface area contributed by atoms with E-state index in [0.717, 1.165) is 31.6 Å². The fraction of sp³-hybridized carbons (Fsp3) is 0.600. The van der Waals surface area contributed by atoms with E-state index in [4.69, 9.17) is 0 Å². The molecule has 1 aromatic heterocycles. The van der Waals surface area contributed by atoms with E-state index in [9.17, 15) is 4.79 Å².